The lowest BCUT2D eigenvalue weighted by molar-refractivity contribution is -0.128. The number of nitriles is 1. The normalized spacial score (nSPS) is 10.6. The standard InChI is InChI=1S/C13H16ClN3O/c1-13(2,12(18)16-3)8-17-11-6-4-5-10(14)9(11)7-15/h4-6,17H,8H2,1-3H3,(H,16,18). The van der Waals surface area contributed by atoms with E-state index in [0.29, 0.717) is 22.8 Å². The summed E-state index contributed by atoms with van der Waals surface area (Å²) in [6.45, 7) is 4.08. The zero-order valence-corrected chi connectivity index (χ0v) is 11.4. The van der Waals surface area contributed by atoms with Crippen LogP contribution >= 0.6 is 11.6 Å². The van der Waals surface area contributed by atoms with Gasteiger partial charge in [0.1, 0.15) is 6.07 Å². The van der Waals surface area contributed by atoms with E-state index < -0.39 is 5.41 Å². The van der Waals surface area contributed by atoms with Gasteiger partial charge in [0.15, 0.2) is 0 Å². The van der Waals surface area contributed by atoms with E-state index in [1.165, 1.54) is 0 Å². The molecule has 0 spiro atoms. The van der Waals surface area contributed by atoms with Crippen molar-refractivity contribution < 1.29 is 4.79 Å². The molecule has 0 fully saturated rings. The predicted molar refractivity (Wildman–Crippen MR) is 72.5 cm³/mol. The van der Waals surface area contributed by atoms with Gasteiger partial charge in [0.05, 0.1) is 21.7 Å². The summed E-state index contributed by atoms with van der Waals surface area (Å²) in [5, 5.41) is 15.1. The molecule has 18 heavy (non-hydrogen) atoms. The highest BCUT2D eigenvalue weighted by Gasteiger charge is 2.26. The first kappa shape index (κ1) is 14.3. The van der Waals surface area contributed by atoms with E-state index >= 15 is 0 Å². The van der Waals surface area contributed by atoms with Crippen LogP contribution in [0.25, 0.3) is 0 Å². The minimum atomic E-state index is -0.566. The molecule has 0 aliphatic heterocycles. The Bertz CT molecular complexity index is 491. The van der Waals surface area contributed by atoms with Crippen LogP contribution in [0.2, 0.25) is 5.02 Å². The summed E-state index contributed by atoms with van der Waals surface area (Å²) in [4.78, 5) is 11.6. The number of carbonyl (C=O) groups is 1. The van der Waals surface area contributed by atoms with Crippen LogP contribution in [-0.2, 0) is 4.79 Å². The van der Waals surface area contributed by atoms with Crippen LogP contribution < -0.4 is 10.6 Å². The molecule has 1 amide bonds. The third kappa shape index (κ3) is 3.14. The van der Waals surface area contributed by atoms with Crippen LogP contribution in [0.5, 0.6) is 0 Å². The first-order valence-electron chi connectivity index (χ1n) is 5.57. The molecule has 0 saturated heterocycles. The largest absolute Gasteiger partial charge is 0.383 e. The first-order valence-corrected chi connectivity index (χ1v) is 5.95. The Morgan fingerprint density at radius 1 is 1.50 bits per heavy atom. The maximum absolute atomic E-state index is 11.6. The number of nitrogens with zero attached hydrogens (tertiary/aromatic N) is 1. The molecule has 1 aromatic rings. The minimum Gasteiger partial charge on any atom is -0.383 e. The fourth-order valence-electron chi connectivity index (χ4n) is 1.52. The second kappa shape index (κ2) is 5.74. The highest BCUT2D eigenvalue weighted by atomic mass is 35.5. The molecule has 2 N–H and O–H groups in total. The molecule has 1 rings (SSSR count). The van der Waals surface area contributed by atoms with Crippen molar-refractivity contribution in [2.24, 2.45) is 5.41 Å². The molecule has 5 heteroatoms. The molecule has 0 atom stereocenters. The maximum Gasteiger partial charge on any atom is 0.227 e. The molecule has 0 unspecified atom stereocenters. The van der Waals surface area contributed by atoms with Crippen molar-refractivity contribution in [1.29, 1.82) is 5.26 Å². The van der Waals surface area contributed by atoms with Gasteiger partial charge in [-0.25, -0.2) is 0 Å². The van der Waals surface area contributed by atoms with E-state index in [4.69, 9.17) is 16.9 Å². The summed E-state index contributed by atoms with van der Waals surface area (Å²) in [6, 6.07) is 7.24. The lowest BCUT2D eigenvalue weighted by atomic mass is 9.92. The van der Waals surface area contributed by atoms with Crippen molar-refractivity contribution in [3.63, 3.8) is 0 Å². The second-order valence-corrected chi connectivity index (χ2v) is 5.00. The molecule has 0 aliphatic carbocycles. The average molecular weight is 266 g/mol. The number of hydrogen-bond acceptors (Lipinski definition) is 3. The van der Waals surface area contributed by atoms with Gasteiger partial charge in [-0.3, -0.25) is 4.79 Å². The summed E-state index contributed by atoms with van der Waals surface area (Å²) in [7, 11) is 1.60. The molecule has 0 heterocycles. The lowest BCUT2D eigenvalue weighted by Crippen LogP contribution is -2.39. The minimum absolute atomic E-state index is 0.0597. The van der Waals surface area contributed by atoms with E-state index in [9.17, 15) is 4.79 Å². The van der Waals surface area contributed by atoms with Crippen molar-refractivity contribution in [3.05, 3.63) is 28.8 Å². The molecule has 0 saturated carbocycles. The van der Waals surface area contributed by atoms with Gasteiger partial charge < -0.3 is 10.6 Å². The summed E-state index contributed by atoms with van der Waals surface area (Å²) in [6.07, 6.45) is 0. The Labute approximate surface area is 112 Å². The number of amides is 1. The average Bonchev–Trinajstić information content (AvgIpc) is 2.35. The van der Waals surface area contributed by atoms with Crippen molar-refractivity contribution in [2.45, 2.75) is 13.8 Å². The third-order valence-electron chi connectivity index (χ3n) is 2.69. The highest BCUT2D eigenvalue weighted by molar-refractivity contribution is 6.32. The zero-order valence-electron chi connectivity index (χ0n) is 10.7. The van der Waals surface area contributed by atoms with Crippen LogP contribution in [0.1, 0.15) is 19.4 Å². The Balaban J connectivity index is 2.85. The van der Waals surface area contributed by atoms with Gasteiger partial charge in [-0.15, -0.1) is 0 Å². The summed E-state index contributed by atoms with van der Waals surface area (Å²) in [5.41, 5.74) is 0.470. The molecule has 0 aliphatic rings. The van der Waals surface area contributed by atoms with Crippen molar-refractivity contribution in [3.8, 4) is 6.07 Å². The summed E-state index contributed by atoms with van der Waals surface area (Å²) in [5.74, 6) is -0.0597. The molecular weight excluding hydrogens is 250 g/mol. The fourth-order valence-corrected chi connectivity index (χ4v) is 1.74. The van der Waals surface area contributed by atoms with Gasteiger partial charge >= 0.3 is 0 Å². The maximum atomic E-state index is 11.6. The van der Waals surface area contributed by atoms with E-state index in [-0.39, 0.29) is 5.91 Å². The lowest BCUT2D eigenvalue weighted by Gasteiger charge is -2.23. The molecule has 96 valence electrons. The Kier molecular flexibility index (Phi) is 4.57. The van der Waals surface area contributed by atoms with E-state index in [0.717, 1.165) is 0 Å². The monoisotopic (exact) mass is 265 g/mol. The molecule has 0 bridgehead atoms. The Morgan fingerprint density at radius 3 is 2.72 bits per heavy atom. The summed E-state index contributed by atoms with van der Waals surface area (Å²) >= 11 is 5.93. The van der Waals surface area contributed by atoms with Gasteiger partial charge in [-0.05, 0) is 26.0 Å². The molecule has 1 aromatic carbocycles. The number of carbonyl (C=O) groups excluding carboxylic acids is 1. The number of anilines is 1. The zero-order chi connectivity index (χ0) is 13.8. The topological polar surface area (TPSA) is 64.9 Å². The van der Waals surface area contributed by atoms with Crippen LogP contribution in [0.15, 0.2) is 18.2 Å². The van der Waals surface area contributed by atoms with E-state index in [1.54, 1.807) is 25.2 Å². The van der Waals surface area contributed by atoms with Gasteiger partial charge in [0.25, 0.3) is 0 Å². The smallest absolute Gasteiger partial charge is 0.227 e. The number of rotatable bonds is 4. The van der Waals surface area contributed by atoms with Gasteiger partial charge in [-0.2, -0.15) is 5.26 Å². The molecule has 4 nitrogen and oxygen atoms in total. The summed E-state index contributed by atoms with van der Waals surface area (Å²) < 4.78 is 0. The van der Waals surface area contributed by atoms with Gasteiger partial charge in [0.2, 0.25) is 5.91 Å². The predicted octanol–water partition coefficient (Wildman–Crippen LogP) is 2.40. The number of hydrogen-bond donors (Lipinski definition) is 2. The van der Waals surface area contributed by atoms with E-state index in [2.05, 4.69) is 10.6 Å². The Morgan fingerprint density at radius 2 is 2.17 bits per heavy atom. The molecule has 0 radical (unpaired) electrons. The highest BCUT2D eigenvalue weighted by Crippen LogP contribution is 2.25. The van der Waals surface area contributed by atoms with Crippen molar-refractivity contribution in [2.75, 3.05) is 18.9 Å². The Hall–Kier alpha value is -1.73. The number of nitrogens with one attached hydrogen (secondary N) is 2. The van der Waals surface area contributed by atoms with Crippen molar-refractivity contribution >= 4 is 23.2 Å². The molecule has 0 aromatic heterocycles. The third-order valence-corrected chi connectivity index (χ3v) is 3.00. The van der Waals surface area contributed by atoms with Crippen LogP contribution in [0, 0.1) is 16.7 Å². The van der Waals surface area contributed by atoms with Crippen LogP contribution in [-0.4, -0.2) is 19.5 Å². The van der Waals surface area contributed by atoms with Crippen molar-refractivity contribution in [1.82, 2.24) is 5.32 Å². The quantitative estimate of drug-likeness (QED) is 0.879. The number of benzene rings is 1. The van der Waals surface area contributed by atoms with Gasteiger partial charge in [0, 0.05) is 13.6 Å². The van der Waals surface area contributed by atoms with E-state index in [1.807, 2.05) is 19.9 Å². The van der Waals surface area contributed by atoms with Crippen LogP contribution in [0.3, 0.4) is 0 Å². The SMILES string of the molecule is CNC(=O)C(C)(C)CNc1cccc(Cl)c1C#N. The van der Waals surface area contributed by atoms with Crippen LogP contribution in [0.4, 0.5) is 5.69 Å². The fraction of sp³-hybridized carbons (Fsp3) is 0.385. The number of halogens is 1. The molecular formula is C13H16ClN3O. The first-order chi connectivity index (χ1) is 8.42. The second-order valence-electron chi connectivity index (χ2n) is 4.59. The van der Waals surface area contributed by atoms with Gasteiger partial charge in [-0.1, -0.05) is 17.7 Å².